The molecule has 0 radical (unpaired) electrons. The summed E-state index contributed by atoms with van der Waals surface area (Å²) in [5.41, 5.74) is 1.20. The van der Waals surface area contributed by atoms with Gasteiger partial charge < -0.3 is 10.1 Å². The number of aromatic nitrogens is 3. The summed E-state index contributed by atoms with van der Waals surface area (Å²) in [7, 11) is 0. The molecule has 2 aromatic heterocycles. The second kappa shape index (κ2) is 4.64. The molecule has 0 saturated heterocycles. The van der Waals surface area contributed by atoms with Crippen molar-refractivity contribution in [1.29, 1.82) is 0 Å². The van der Waals surface area contributed by atoms with Gasteiger partial charge in [0, 0.05) is 6.20 Å². The monoisotopic (exact) mass is 248 g/mol. The maximum atomic E-state index is 11.5. The molecule has 1 N–H and O–H groups in total. The lowest BCUT2D eigenvalue weighted by atomic mass is 10.2. The van der Waals surface area contributed by atoms with Crippen molar-refractivity contribution in [2.24, 2.45) is 0 Å². The van der Waals surface area contributed by atoms with Gasteiger partial charge >= 0.3 is 6.09 Å². The Bertz CT molecular complexity index is 523. The molecule has 0 fully saturated rings. The first-order chi connectivity index (χ1) is 8.44. The van der Waals surface area contributed by atoms with Gasteiger partial charge in [0.15, 0.2) is 0 Å². The van der Waals surface area contributed by atoms with Gasteiger partial charge in [0.1, 0.15) is 11.9 Å². The van der Waals surface area contributed by atoms with Crippen LogP contribution >= 0.6 is 0 Å². The topological polar surface area (TPSA) is 68.5 Å². The van der Waals surface area contributed by atoms with Crippen molar-refractivity contribution in [1.82, 2.24) is 19.9 Å². The van der Waals surface area contributed by atoms with Crippen LogP contribution in [0.2, 0.25) is 0 Å². The number of hydrogen-bond donors (Lipinski definition) is 1. The number of nitrogens with zero attached hydrogens (tertiary/aromatic N) is 3. The largest absolute Gasteiger partial charge is 0.444 e. The molecule has 0 saturated carbocycles. The molecule has 2 rings (SSSR count). The van der Waals surface area contributed by atoms with E-state index in [0.29, 0.717) is 6.54 Å². The maximum absolute atomic E-state index is 11.5. The quantitative estimate of drug-likeness (QED) is 0.879. The van der Waals surface area contributed by atoms with E-state index in [2.05, 4.69) is 15.4 Å². The van der Waals surface area contributed by atoms with Crippen molar-refractivity contribution in [3.63, 3.8) is 0 Å². The first-order valence-corrected chi connectivity index (χ1v) is 5.69. The zero-order valence-electron chi connectivity index (χ0n) is 10.7. The second-order valence-corrected chi connectivity index (χ2v) is 4.94. The molecule has 0 aliphatic heterocycles. The van der Waals surface area contributed by atoms with Crippen LogP contribution in [-0.4, -0.2) is 26.3 Å². The van der Waals surface area contributed by atoms with E-state index in [1.165, 1.54) is 0 Å². The highest BCUT2D eigenvalue weighted by Gasteiger charge is 2.15. The summed E-state index contributed by atoms with van der Waals surface area (Å²) < 4.78 is 6.80. The van der Waals surface area contributed by atoms with Crippen LogP contribution < -0.4 is 5.32 Å². The van der Waals surface area contributed by atoms with E-state index in [1.54, 1.807) is 17.0 Å². The Morgan fingerprint density at radius 3 is 2.94 bits per heavy atom. The SMILES string of the molecule is CC(C)(C)OC(=O)NCc1cc2ccncn2n1. The maximum Gasteiger partial charge on any atom is 0.407 e. The minimum absolute atomic E-state index is 0.330. The molecule has 2 heterocycles. The van der Waals surface area contributed by atoms with Crippen molar-refractivity contribution < 1.29 is 9.53 Å². The summed E-state index contributed by atoms with van der Waals surface area (Å²) >= 11 is 0. The standard InChI is InChI=1S/C12H16N4O2/c1-12(2,3)18-11(17)14-7-9-6-10-4-5-13-8-16(10)15-9/h4-6,8H,7H2,1-3H3,(H,14,17). The molecule has 0 bridgehead atoms. The van der Waals surface area contributed by atoms with Crippen LogP contribution in [0.4, 0.5) is 4.79 Å². The van der Waals surface area contributed by atoms with Crippen molar-refractivity contribution in [2.45, 2.75) is 32.9 Å². The second-order valence-electron chi connectivity index (χ2n) is 4.94. The van der Waals surface area contributed by atoms with E-state index in [-0.39, 0.29) is 0 Å². The lowest BCUT2D eigenvalue weighted by Crippen LogP contribution is -2.32. The Balaban J connectivity index is 1.96. The number of fused-ring (bicyclic) bond motifs is 1. The fraction of sp³-hybridized carbons (Fsp3) is 0.417. The van der Waals surface area contributed by atoms with E-state index in [4.69, 9.17) is 4.74 Å². The molecule has 6 heteroatoms. The van der Waals surface area contributed by atoms with Gasteiger partial charge in [-0.1, -0.05) is 0 Å². The van der Waals surface area contributed by atoms with Crippen LogP contribution in [0.25, 0.3) is 5.52 Å². The summed E-state index contributed by atoms with van der Waals surface area (Å²) in [4.78, 5) is 15.4. The number of alkyl carbamates (subject to hydrolysis) is 1. The van der Waals surface area contributed by atoms with Gasteiger partial charge in [-0.15, -0.1) is 0 Å². The highest BCUT2D eigenvalue weighted by atomic mass is 16.6. The molecule has 0 atom stereocenters. The van der Waals surface area contributed by atoms with E-state index in [0.717, 1.165) is 11.2 Å². The van der Waals surface area contributed by atoms with Crippen LogP contribution in [0.1, 0.15) is 26.5 Å². The molecule has 96 valence electrons. The van der Waals surface area contributed by atoms with E-state index < -0.39 is 11.7 Å². The van der Waals surface area contributed by atoms with Crippen LogP contribution in [0.3, 0.4) is 0 Å². The van der Waals surface area contributed by atoms with Gasteiger partial charge in [0.2, 0.25) is 0 Å². The Hall–Kier alpha value is -2.11. The smallest absolute Gasteiger partial charge is 0.407 e. The average Bonchev–Trinajstić information content (AvgIpc) is 2.66. The van der Waals surface area contributed by atoms with Gasteiger partial charge in [-0.2, -0.15) is 5.10 Å². The molecule has 1 amide bonds. The first-order valence-electron chi connectivity index (χ1n) is 5.69. The third-order valence-electron chi connectivity index (χ3n) is 2.14. The number of hydrogen-bond acceptors (Lipinski definition) is 4. The molecule has 18 heavy (non-hydrogen) atoms. The van der Waals surface area contributed by atoms with E-state index in [1.807, 2.05) is 32.9 Å². The van der Waals surface area contributed by atoms with Crippen molar-refractivity contribution in [2.75, 3.05) is 0 Å². The van der Waals surface area contributed by atoms with Gasteiger partial charge in [0.25, 0.3) is 0 Å². The van der Waals surface area contributed by atoms with Crippen LogP contribution in [-0.2, 0) is 11.3 Å². The minimum atomic E-state index is -0.493. The molecule has 0 spiro atoms. The fourth-order valence-corrected chi connectivity index (χ4v) is 1.46. The molecular weight excluding hydrogens is 232 g/mol. The summed E-state index contributed by atoms with van der Waals surface area (Å²) in [5, 5.41) is 6.92. The van der Waals surface area contributed by atoms with Gasteiger partial charge in [-0.3, -0.25) is 0 Å². The molecule has 2 aromatic rings. The number of ether oxygens (including phenoxy) is 1. The lowest BCUT2D eigenvalue weighted by molar-refractivity contribution is 0.0523. The van der Waals surface area contributed by atoms with Crippen molar-refractivity contribution >= 4 is 11.6 Å². The predicted octanol–water partition coefficient (Wildman–Crippen LogP) is 1.75. The molecular formula is C12H16N4O2. The van der Waals surface area contributed by atoms with E-state index in [9.17, 15) is 4.79 Å². The molecule has 6 nitrogen and oxygen atoms in total. The summed E-state index contributed by atoms with van der Waals surface area (Å²) in [6, 6.07) is 3.74. The zero-order valence-corrected chi connectivity index (χ0v) is 10.7. The number of amides is 1. The summed E-state index contributed by atoms with van der Waals surface area (Å²) in [5.74, 6) is 0. The van der Waals surface area contributed by atoms with Crippen molar-refractivity contribution in [3.8, 4) is 0 Å². The number of nitrogens with one attached hydrogen (secondary N) is 1. The average molecular weight is 248 g/mol. The lowest BCUT2D eigenvalue weighted by Gasteiger charge is -2.19. The fourth-order valence-electron chi connectivity index (χ4n) is 1.46. The van der Waals surface area contributed by atoms with Gasteiger partial charge in [-0.25, -0.2) is 14.3 Å². The van der Waals surface area contributed by atoms with Crippen LogP contribution in [0, 0.1) is 0 Å². The van der Waals surface area contributed by atoms with E-state index >= 15 is 0 Å². The molecule has 0 unspecified atom stereocenters. The Kier molecular flexibility index (Phi) is 3.18. The predicted molar refractivity (Wildman–Crippen MR) is 66.1 cm³/mol. The normalized spacial score (nSPS) is 11.5. The highest BCUT2D eigenvalue weighted by Crippen LogP contribution is 2.07. The Morgan fingerprint density at radius 1 is 1.50 bits per heavy atom. The third-order valence-corrected chi connectivity index (χ3v) is 2.14. The zero-order chi connectivity index (χ0) is 13.2. The minimum Gasteiger partial charge on any atom is -0.444 e. The summed E-state index contributed by atoms with van der Waals surface area (Å²) in [6.07, 6.45) is 2.87. The van der Waals surface area contributed by atoms with Gasteiger partial charge in [0.05, 0.1) is 17.8 Å². The van der Waals surface area contributed by atoms with Crippen molar-refractivity contribution in [3.05, 3.63) is 30.4 Å². The number of rotatable bonds is 2. The highest BCUT2D eigenvalue weighted by molar-refractivity contribution is 5.67. The number of carbonyl (C=O) groups is 1. The van der Waals surface area contributed by atoms with Gasteiger partial charge in [-0.05, 0) is 32.9 Å². The van der Waals surface area contributed by atoms with Crippen LogP contribution in [0.15, 0.2) is 24.7 Å². The number of carbonyl (C=O) groups excluding carboxylic acids is 1. The Morgan fingerprint density at radius 2 is 2.28 bits per heavy atom. The Labute approximate surface area is 105 Å². The summed E-state index contributed by atoms with van der Waals surface area (Å²) in [6.45, 7) is 5.80. The van der Waals surface area contributed by atoms with Crippen LogP contribution in [0.5, 0.6) is 0 Å². The molecule has 0 aliphatic rings. The molecule has 0 aliphatic carbocycles. The third kappa shape index (κ3) is 3.19. The first kappa shape index (κ1) is 12.3. The molecule has 0 aromatic carbocycles.